The van der Waals surface area contributed by atoms with Crippen LogP contribution in [-0.2, 0) is 4.74 Å². The van der Waals surface area contributed by atoms with Crippen molar-refractivity contribution in [3.63, 3.8) is 0 Å². The van der Waals surface area contributed by atoms with Gasteiger partial charge in [0.2, 0.25) is 0 Å². The summed E-state index contributed by atoms with van der Waals surface area (Å²) in [6.45, 7) is 1.11. The van der Waals surface area contributed by atoms with Crippen LogP contribution in [0.5, 0.6) is 0 Å². The molecular formula is C10H11F2NO. The summed E-state index contributed by atoms with van der Waals surface area (Å²) in [4.78, 5) is 0. The lowest BCUT2D eigenvalue weighted by Crippen LogP contribution is -2.37. The molecule has 14 heavy (non-hydrogen) atoms. The van der Waals surface area contributed by atoms with Crippen LogP contribution in [0.4, 0.5) is 8.78 Å². The third-order valence-corrected chi connectivity index (χ3v) is 2.49. The molecule has 0 spiro atoms. The number of nitrogens with two attached hydrogens (primary N) is 1. The molecule has 1 fully saturated rings. The maximum atomic E-state index is 13.3. The molecule has 0 aromatic heterocycles. The van der Waals surface area contributed by atoms with Gasteiger partial charge in [-0.1, -0.05) is 6.07 Å². The minimum absolute atomic E-state index is 0.148. The maximum Gasteiger partial charge on any atom is 0.130 e. The fraction of sp³-hybridized carbons (Fsp3) is 0.400. The summed E-state index contributed by atoms with van der Waals surface area (Å²) in [7, 11) is 0. The first-order chi connectivity index (χ1) is 6.68. The largest absolute Gasteiger partial charge is 0.381 e. The second-order valence-electron chi connectivity index (χ2n) is 3.49. The van der Waals surface area contributed by atoms with E-state index in [2.05, 4.69) is 0 Å². The van der Waals surface area contributed by atoms with Gasteiger partial charge in [0, 0.05) is 23.6 Å². The Morgan fingerprint density at radius 2 is 2.07 bits per heavy atom. The van der Waals surface area contributed by atoms with Crippen molar-refractivity contribution >= 4 is 0 Å². The fourth-order valence-corrected chi connectivity index (χ4v) is 1.49. The number of ether oxygens (including phenoxy) is 1. The van der Waals surface area contributed by atoms with Gasteiger partial charge in [0.1, 0.15) is 11.6 Å². The first-order valence-electron chi connectivity index (χ1n) is 4.47. The Morgan fingerprint density at radius 1 is 1.36 bits per heavy atom. The molecule has 1 aliphatic heterocycles. The topological polar surface area (TPSA) is 35.2 Å². The van der Waals surface area contributed by atoms with Crippen molar-refractivity contribution in [3.05, 3.63) is 35.4 Å². The minimum atomic E-state index is -0.580. The Hall–Kier alpha value is -1.00. The molecule has 1 saturated heterocycles. The second kappa shape index (κ2) is 3.63. The molecule has 4 heteroatoms. The molecule has 2 rings (SSSR count). The fourth-order valence-electron chi connectivity index (χ4n) is 1.49. The van der Waals surface area contributed by atoms with Gasteiger partial charge in [-0.2, -0.15) is 0 Å². The number of halogens is 2. The summed E-state index contributed by atoms with van der Waals surface area (Å²) in [5.41, 5.74) is 6.17. The van der Waals surface area contributed by atoms with Gasteiger partial charge in [0.15, 0.2) is 0 Å². The molecule has 0 radical (unpaired) electrons. The molecule has 1 aromatic carbocycles. The van der Waals surface area contributed by atoms with Gasteiger partial charge < -0.3 is 10.5 Å². The van der Waals surface area contributed by atoms with Crippen molar-refractivity contribution in [2.75, 3.05) is 13.2 Å². The Kier molecular flexibility index (Phi) is 2.48. The van der Waals surface area contributed by atoms with Crippen LogP contribution < -0.4 is 5.73 Å². The first-order valence-corrected chi connectivity index (χ1v) is 4.47. The lowest BCUT2D eigenvalue weighted by Gasteiger charge is -2.31. The van der Waals surface area contributed by atoms with E-state index in [1.807, 2.05) is 0 Å². The number of rotatable bonds is 2. The molecule has 76 valence electrons. The summed E-state index contributed by atoms with van der Waals surface area (Å²) < 4.78 is 30.8. The van der Waals surface area contributed by atoms with E-state index in [1.165, 1.54) is 12.1 Å². The van der Waals surface area contributed by atoms with Crippen LogP contribution in [-0.4, -0.2) is 13.2 Å². The van der Waals surface area contributed by atoms with Crippen molar-refractivity contribution in [1.82, 2.24) is 0 Å². The van der Waals surface area contributed by atoms with Gasteiger partial charge in [-0.15, -0.1) is 0 Å². The zero-order valence-corrected chi connectivity index (χ0v) is 7.54. The summed E-state index contributed by atoms with van der Waals surface area (Å²) in [5, 5.41) is 0. The van der Waals surface area contributed by atoms with E-state index in [0.29, 0.717) is 18.8 Å². The average molecular weight is 199 g/mol. The minimum Gasteiger partial charge on any atom is -0.381 e. The van der Waals surface area contributed by atoms with E-state index in [4.69, 9.17) is 10.5 Å². The lowest BCUT2D eigenvalue weighted by atomic mass is 9.92. The van der Waals surface area contributed by atoms with Crippen molar-refractivity contribution in [1.29, 1.82) is 0 Å². The molecule has 0 amide bonds. The summed E-state index contributed by atoms with van der Waals surface area (Å²) in [5.74, 6) is -1.01. The van der Waals surface area contributed by atoms with E-state index >= 15 is 0 Å². The van der Waals surface area contributed by atoms with Crippen LogP contribution >= 0.6 is 0 Å². The molecular weight excluding hydrogens is 188 g/mol. The molecule has 1 heterocycles. The Bertz CT molecular complexity index is 339. The van der Waals surface area contributed by atoms with Gasteiger partial charge >= 0.3 is 0 Å². The first kappa shape index (κ1) is 9.55. The summed E-state index contributed by atoms with van der Waals surface area (Å²) in [6.07, 6.45) is 0. The normalized spacial score (nSPS) is 19.1. The second-order valence-corrected chi connectivity index (χ2v) is 3.49. The molecule has 0 bridgehead atoms. The standard InChI is InChI=1S/C10H11F2NO/c11-7-1-2-8(9(12)3-7)10(13)6-4-14-5-6/h1-3,6,10H,4-5,13H2/t10-/m1/s1. The molecule has 2 nitrogen and oxygen atoms in total. The van der Waals surface area contributed by atoms with Gasteiger partial charge in [-0.3, -0.25) is 0 Å². The number of hydrogen-bond acceptors (Lipinski definition) is 2. The average Bonchev–Trinajstić information content (AvgIpc) is 2.00. The predicted octanol–water partition coefficient (Wildman–Crippen LogP) is 1.61. The highest BCUT2D eigenvalue weighted by atomic mass is 19.1. The Balaban J connectivity index is 2.22. The highest BCUT2D eigenvalue weighted by Crippen LogP contribution is 2.27. The van der Waals surface area contributed by atoms with Gasteiger partial charge in [-0.05, 0) is 6.07 Å². The van der Waals surface area contributed by atoms with E-state index < -0.39 is 17.7 Å². The number of benzene rings is 1. The zero-order valence-electron chi connectivity index (χ0n) is 7.54. The molecule has 1 atom stereocenters. The summed E-state index contributed by atoms with van der Waals surface area (Å²) in [6, 6.07) is 3.07. The quantitative estimate of drug-likeness (QED) is 0.785. The van der Waals surface area contributed by atoms with E-state index in [9.17, 15) is 8.78 Å². The lowest BCUT2D eigenvalue weighted by molar-refractivity contribution is -0.0446. The van der Waals surface area contributed by atoms with E-state index in [0.717, 1.165) is 6.07 Å². The smallest absolute Gasteiger partial charge is 0.130 e. The monoisotopic (exact) mass is 199 g/mol. The van der Waals surface area contributed by atoms with E-state index in [1.54, 1.807) is 0 Å². The Labute approximate surface area is 80.7 Å². The SMILES string of the molecule is N[C@@H](c1ccc(F)cc1F)C1COC1. The maximum absolute atomic E-state index is 13.3. The molecule has 2 N–H and O–H groups in total. The van der Waals surface area contributed by atoms with Gasteiger partial charge in [0.25, 0.3) is 0 Å². The third-order valence-electron chi connectivity index (χ3n) is 2.49. The van der Waals surface area contributed by atoms with Crippen LogP contribution in [0.2, 0.25) is 0 Å². The van der Waals surface area contributed by atoms with Crippen LogP contribution in [0.1, 0.15) is 11.6 Å². The van der Waals surface area contributed by atoms with Crippen molar-refractivity contribution in [3.8, 4) is 0 Å². The number of hydrogen-bond donors (Lipinski definition) is 1. The van der Waals surface area contributed by atoms with Crippen LogP contribution in [0.3, 0.4) is 0 Å². The highest BCUT2D eigenvalue weighted by molar-refractivity contribution is 5.22. The van der Waals surface area contributed by atoms with E-state index in [-0.39, 0.29) is 5.92 Å². The van der Waals surface area contributed by atoms with Gasteiger partial charge in [-0.25, -0.2) is 8.78 Å². The molecule has 1 aliphatic rings. The van der Waals surface area contributed by atoms with Crippen molar-refractivity contribution in [2.45, 2.75) is 6.04 Å². The zero-order chi connectivity index (χ0) is 10.1. The molecule has 0 aliphatic carbocycles. The third kappa shape index (κ3) is 1.63. The highest BCUT2D eigenvalue weighted by Gasteiger charge is 2.28. The predicted molar refractivity (Wildman–Crippen MR) is 47.6 cm³/mol. The van der Waals surface area contributed by atoms with Crippen LogP contribution in [0.25, 0.3) is 0 Å². The van der Waals surface area contributed by atoms with Crippen LogP contribution in [0, 0.1) is 17.6 Å². The molecule has 0 saturated carbocycles. The molecule has 1 aromatic rings. The van der Waals surface area contributed by atoms with Crippen molar-refractivity contribution in [2.24, 2.45) is 11.7 Å². The van der Waals surface area contributed by atoms with Crippen LogP contribution in [0.15, 0.2) is 18.2 Å². The van der Waals surface area contributed by atoms with Crippen molar-refractivity contribution < 1.29 is 13.5 Å². The molecule has 0 unspecified atom stereocenters. The summed E-state index contributed by atoms with van der Waals surface area (Å²) >= 11 is 0. The Morgan fingerprint density at radius 3 is 2.57 bits per heavy atom. The van der Waals surface area contributed by atoms with Gasteiger partial charge in [0.05, 0.1) is 13.2 Å².